The summed E-state index contributed by atoms with van der Waals surface area (Å²) in [5.41, 5.74) is 0.846. The van der Waals surface area contributed by atoms with Crippen molar-refractivity contribution in [3.05, 3.63) is 48.0 Å². The molecule has 172 valence electrons. The van der Waals surface area contributed by atoms with Gasteiger partial charge >= 0.3 is 0 Å². The van der Waals surface area contributed by atoms with E-state index < -0.39 is 8.32 Å². The average Bonchev–Trinajstić information content (AvgIpc) is 2.96. The van der Waals surface area contributed by atoms with Gasteiger partial charge in [0.05, 0.1) is 30.5 Å². The number of allylic oxidation sites excluding steroid dienone is 1. The van der Waals surface area contributed by atoms with E-state index in [1.807, 2.05) is 18.2 Å². The molecule has 1 aromatic rings. The van der Waals surface area contributed by atoms with E-state index in [0.717, 1.165) is 32.1 Å². The van der Waals surface area contributed by atoms with Crippen LogP contribution in [0.25, 0.3) is 0 Å². The molecule has 2 saturated heterocycles. The summed E-state index contributed by atoms with van der Waals surface area (Å²) in [6.45, 7) is 13.1. The highest BCUT2D eigenvalue weighted by molar-refractivity contribution is 6.74. The summed E-state index contributed by atoms with van der Waals surface area (Å²) < 4.78 is 25.7. The average molecular weight is 445 g/mol. The van der Waals surface area contributed by atoms with Gasteiger partial charge < -0.3 is 18.6 Å². The maximum atomic E-state index is 6.92. The summed E-state index contributed by atoms with van der Waals surface area (Å²) in [5.74, 6) is 0.475. The maximum Gasteiger partial charge on any atom is 0.192 e. The Balaban J connectivity index is 1.40. The third kappa shape index (κ3) is 5.01. The van der Waals surface area contributed by atoms with Crippen LogP contribution in [0.5, 0.6) is 0 Å². The van der Waals surface area contributed by atoms with Gasteiger partial charge in [-0.05, 0) is 43.0 Å². The van der Waals surface area contributed by atoms with Crippen molar-refractivity contribution in [3.63, 3.8) is 0 Å². The van der Waals surface area contributed by atoms with Gasteiger partial charge in [0, 0.05) is 18.8 Å². The Morgan fingerprint density at radius 1 is 1.10 bits per heavy atom. The Kier molecular flexibility index (Phi) is 6.54. The van der Waals surface area contributed by atoms with Crippen LogP contribution in [0, 0.1) is 5.92 Å². The summed E-state index contributed by atoms with van der Waals surface area (Å²) in [7, 11) is -1.84. The van der Waals surface area contributed by atoms with Crippen molar-refractivity contribution >= 4 is 8.32 Å². The molecule has 4 rings (SSSR count). The molecule has 0 N–H and O–H groups in total. The van der Waals surface area contributed by atoms with Gasteiger partial charge in [-0.15, -0.1) is 0 Å². The second kappa shape index (κ2) is 8.75. The summed E-state index contributed by atoms with van der Waals surface area (Å²) in [6.07, 6.45) is 9.95. The van der Waals surface area contributed by atoms with E-state index in [1.54, 1.807) is 0 Å². The number of rotatable bonds is 8. The largest absolute Gasteiger partial charge is 0.414 e. The Morgan fingerprint density at radius 3 is 2.61 bits per heavy atom. The van der Waals surface area contributed by atoms with E-state index in [4.69, 9.17) is 18.6 Å². The fourth-order valence-corrected chi connectivity index (χ4v) is 6.22. The number of hydrogen-bond acceptors (Lipinski definition) is 4. The van der Waals surface area contributed by atoms with Gasteiger partial charge in [-0.2, -0.15) is 0 Å². The second-order valence-electron chi connectivity index (χ2n) is 11.3. The Hall–Kier alpha value is -0.983. The molecule has 2 bridgehead atoms. The van der Waals surface area contributed by atoms with Crippen molar-refractivity contribution < 1.29 is 18.6 Å². The lowest BCUT2D eigenvalue weighted by Crippen LogP contribution is -2.53. The number of hydrogen-bond donors (Lipinski definition) is 0. The van der Waals surface area contributed by atoms with Gasteiger partial charge in [0.15, 0.2) is 8.32 Å². The molecule has 3 aliphatic rings. The van der Waals surface area contributed by atoms with Gasteiger partial charge in [0.1, 0.15) is 6.79 Å². The minimum Gasteiger partial charge on any atom is -0.414 e. The maximum absolute atomic E-state index is 6.92. The zero-order valence-electron chi connectivity index (χ0n) is 20.0. The molecule has 2 heterocycles. The first kappa shape index (κ1) is 23.2. The smallest absolute Gasteiger partial charge is 0.192 e. The minimum absolute atomic E-state index is 0.0894. The van der Waals surface area contributed by atoms with Crippen LogP contribution in [0.3, 0.4) is 0 Å². The molecule has 2 aliphatic heterocycles. The first-order valence-electron chi connectivity index (χ1n) is 11.9. The van der Waals surface area contributed by atoms with E-state index in [1.165, 1.54) is 5.56 Å². The number of fused-ring (bicyclic) bond motifs is 1. The molecular weight excluding hydrogens is 404 g/mol. The molecule has 4 atom stereocenters. The standard InChI is InChI=1S/C26H40O4Si/c1-24(2,3)31(4,5)29-19-25-15-22-13-9-10-14-26(22,30-25)17-23(16-25)28-20-27-18-21-11-7-6-8-12-21/h6-9,11-13,22-23H,10,14-20H2,1-5H3/t22-,23-,25+,26+/m0/s1. The van der Waals surface area contributed by atoms with Gasteiger partial charge in [-0.25, -0.2) is 0 Å². The molecule has 0 radical (unpaired) electrons. The van der Waals surface area contributed by atoms with Crippen LogP contribution in [0.1, 0.15) is 58.4 Å². The number of ether oxygens (including phenoxy) is 3. The third-order valence-electron chi connectivity index (χ3n) is 7.96. The summed E-state index contributed by atoms with van der Waals surface area (Å²) in [4.78, 5) is 0. The molecule has 0 aromatic heterocycles. The van der Waals surface area contributed by atoms with E-state index in [2.05, 4.69) is 58.2 Å². The second-order valence-corrected chi connectivity index (χ2v) is 16.1. The zero-order valence-corrected chi connectivity index (χ0v) is 21.0. The molecule has 0 saturated carbocycles. The first-order valence-corrected chi connectivity index (χ1v) is 14.8. The molecule has 0 amide bonds. The van der Waals surface area contributed by atoms with Crippen LogP contribution in [-0.4, -0.2) is 39.0 Å². The van der Waals surface area contributed by atoms with Crippen LogP contribution < -0.4 is 0 Å². The van der Waals surface area contributed by atoms with Gasteiger partial charge in [0.25, 0.3) is 0 Å². The van der Waals surface area contributed by atoms with Crippen molar-refractivity contribution in [2.75, 3.05) is 13.4 Å². The van der Waals surface area contributed by atoms with Crippen LogP contribution in [0.2, 0.25) is 18.1 Å². The molecule has 4 nitrogen and oxygen atoms in total. The Bertz CT molecular complexity index is 771. The lowest BCUT2D eigenvalue weighted by Gasteiger charge is -2.47. The van der Waals surface area contributed by atoms with E-state index in [-0.39, 0.29) is 22.3 Å². The Labute approximate surface area is 189 Å². The molecule has 1 spiro atoms. The van der Waals surface area contributed by atoms with Crippen LogP contribution in [0.15, 0.2) is 42.5 Å². The fraction of sp³-hybridized carbons (Fsp3) is 0.692. The highest BCUT2D eigenvalue weighted by Crippen LogP contribution is 2.56. The zero-order chi connectivity index (χ0) is 22.2. The monoisotopic (exact) mass is 444 g/mol. The molecule has 0 unspecified atom stereocenters. The van der Waals surface area contributed by atoms with E-state index in [9.17, 15) is 0 Å². The molecule has 31 heavy (non-hydrogen) atoms. The van der Waals surface area contributed by atoms with Crippen molar-refractivity contribution in [1.29, 1.82) is 0 Å². The molecule has 2 fully saturated rings. The summed E-state index contributed by atoms with van der Waals surface area (Å²) >= 11 is 0. The summed E-state index contributed by atoms with van der Waals surface area (Å²) in [6, 6.07) is 10.3. The molecular formula is C26H40O4Si. The van der Waals surface area contributed by atoms with Crippen molar-refractivity contribution in [2.45, 2.75) is 94.9 Å². The van der Waals surface area contributed by atoms with E-state index in [0.29, 0.717) is 25.9 Å². The third-order valence-corrected chi connectivity index (χ3v) is 12.4. The van der Waals surface area contributed by atoms with E-state index >= 15 is 0 Å². The van der Waals surface area contributed by atoms with Crippen molar-refractivity contribution in [2.24, 2.45) is 5.92 Å². The minimum atomic E-state index is -1.84. The molecule has 1 aliphatic carbocycles. The molecule has 5 heteroatoms. The fourth-order valence-electron chi connectivity index (χ4n) is 5.17. The van der Waals surface area contributed by atoms with Crippen molar-refractivity contribution in [1.82, 2.24) is 0 Å². The normalized spacial score (nSPS) is 32.8. The topological polar surface area (TPSA) is 36.9 Å². The lowest BCUT2D eigenvalue weighted by molar-refractivity contribution is -0.216. The van der Waals surface area contributed by atoms with Gasteiger partial charge in [-0.3, -0.25) is 0 Å². The molecule has 1 aromatic carbocycles. The van der Waals surface area contributed by atoms with Crippen LogP contribution >= 0.6 is 0 Å². The summed E-state index contributed by atoms with van der Waals surface area (Å²) in [5, 5.41) is 0.197. The van der Waals surface area contributed by atoms with Gasteiger partial charge in [-0.1, -0.05) is 63.3 Å². The lowest BCUT2D eigenvalue weighted by atomic mass is 9.77. The van der Waals surface area contributed by atoms with Crippen LogP contribution in [0.4, 0.5) is 0 Å². The highest BCUT2D eigenvalue weighted by atomic mass is 28.4. The predicted molar refractivity (Wildman–Crippen MR) is 126 cm³/mol. The van der Waals surface area contributed by atoms with Crippen molar-refractivity contribution in [3.8, 4) is 0 Å². The Morgan fingerprint density at radius 2 is 1.87 bits per heavy atom. The van der Waals surface area contributed by atoms with Crippen LogP contribution in [-0.2, 0) is 25.2 Å². The van der Waals surface area contributed by atoms with Gasteiger partial charge in [0.2, 0.25) is 0 Å². The number of benzene rings is 1. The quantitative estimate of drug-likeness (QED) is 0.206. The first-order chi connectivity index (χ1) is 14.6. The SMILES string of the molecule is CC(C)(C)[Si](C)(C)OC[C@]12C[C@H](OCOCc3ccccc3)C[C@@]3(CCC=C[C@H]3C1)O2. The highest BCUT2D eigenvalue weighted by Gasteiger charge is 2.60. The predicted octanol–water partition coefficient (Wildman–Crippen LogP) is 6.23.